The van der Waals surface area contributed by atoms with E-state index in [0.29, 0.717) is 10.7 Å². The van der Waals surface area contributed by atoms with E-state index < -0.39 is 5.24 Å². The molecule has 1 aromatic heterocycles. The van der Waals surface area contributed by atoms with E-state index >= 15 is 0 Å². The molecule has 0 N–H and O–H groups in total. The molecule has 2 aromatic rings. The molecule has 0 bridgehead atoms. The van der Waals surface area contributed by atoms with Gasteiger partial charge in [-0.05, 0) is 42.3 Å². The van der Waals surface area contributed by atoms with Crippen LogP contribution in [-0.2, 0) is 7.05 Å². The van der Waals surface area contributed by atoms with E-state index in [-0.39, 0.29) is 0 Å². The number of benzene rings is 1. The number of halogens is 2. The molecule has 0 fully saturated rings. The predicted molar refractivity (Wildman–Crippen MR) is 62.8 cm³/mol. The topological polar surface area (TPSA) is 22.0 Å². The molecular formula is C11H9Cl2NO. The van der Waals surface area contributed by atoms with Gasteiger partial charge in [0.1, 0.15) is 5.69 Å². The van der Waals surface area contributed by atoms with Crippen LogP contribution in [0, 0.1) is 6.92 Å². The molecule has 0 spiro atoms. The summed E-state index contributed by atoms with van der Waals surface area (Å²) in [5.74, 6) is 0. The fraction of sp³-hybridized carbons (Fsp3) is 0.182. The fourth-order valence-electron chi connectivity index (χ4n) is 1.71. The van der Waals surface area contributed by atoms with Crippen molar-refractivity contribution >= 4 is 39.3 Å². The Hall–Kier alpha value is -0.990. The van der Waals surface area contributed by atoms with Crippen LogP contribution in [0.4, 0.5) is 0 Å². The highest BCUT2D eigenvalue weighted by atomic mass is 35.5. The summed E-state index contributed by atoms with van der Waals surface area (Å²) in [7, 11) is 1.81. The quantitative estimate of drug-likeness (QED) is 0.701. The number of rotatable bonds is 1. The number of carbonyl (C=O) groups excluding carboxylic acids is 1. The summed E-state index contributed by atoms with van der Waals surface area (Å²) in [5.41, 5.74) is 2.41. The van der Waals surface area contributed by atoms with Gasteiger partial charge in [-0.1, -0.05) is 11.6 Å². The van der Waals surface area contributed by atoms with Crippen LogP contribution in [0.1, 0.15) is 16.1 Å². The van der Waals surface area contributed by atoms with E-state index in [1.54, 1.807) is 10.6 Å². The van der Waals surface area contributed by atoms with Gasteiger partial charge in [0, 0.05) is 23.0 Å². The van der Waals surface area contributed by atoms with Crippen LogP contribution in [0.3, 0.4) is 0 Å². The summed E-state index contributed by atoms with van der Waals surface area (Å²) in [6, 6.07) is 5.47. The van der Waals surface area contributed by atoms with Crippen LogP contribution in [0.25, 0.3) is 10.9 Å². The number of hydrogen-bond acceptors (Lipinski definition) is 1. The van der Waals surface area contributed by atoms with Crippen LogP contribution in [0.15, 0.2) is 18.2 Å². The lowest BCUT2D eigenvalue weighted by Crippen LogP contribution is -1.98. The van der Waals surface area contributed by atoms with Gasteiger partial charge in [0.2, 0.25) is 0 Å². The van der Waals surface area contributed by atoms with Crippen molar-refractivity contribution in [1.82, 2.24) is 4.57 Å². The average molecular weight is 242 g/mol. The van der Waals surface area contributed by atoms with Gasteiger partial charge in [-0.2, -0.15) is 0 Å². The van der Waals surface area contributed by atoms with Crippen molar-refractivity contribution in [1.29, 1.82) is 0 Å². The zero-order valence-corrected chi connectivity index (χ0v) is 9.86. The summed E-state index contributed by atoms with van der Waals surface area (Å²) in [4.78, 5) is 11.1. The molecule has 2 rings (SSSR count). The molecule has 0 saturated heterocycles. The molecule has 1 heterocycles. The van der Waals surface area contributed by atoms with Gasteiger partial charge < -0.3 is 4.57 Å². The second-order valence-corrected chi connectivity index (χ2v) is 4.22. The Morgan fingerprint density at radius 2 is 2.07 bits per heavy atom. The third-order valence-corrected chi connectivity index (χ3v) is 3.23. The van der Waals surface area contributed by atoms with E-state index in [0.717, 1.165) is 16.5 Å². The minimum atomic E-state index is -0.454. The summed E-state index contributed by atoms with van der Waals surface area (Å²) in [5, 5.41) is 1.21. The van der Waals surface area contributed by atoms with Gasteiger partial charge in [0.25, 0.3) is 5.24 Å². The maximum Gasteiger partial charge on any atom is 0.268 e. The minimum absolute atomic E-state index is 0.454. The van der Waals surface area contributed by atoms with Crippen LogP contribution >= 0.6 is 23.2 Å². The number of aromatic nitrogens is 1. The second-order valence-electron chi connectivity index (χ2n) is 3.47. The molecule has 15 heavy (non-hydrogen) atoms. The molecule has 0 saturated carbocycles. The smallest absolute Gasteiger partial charge is 0.268 e. The van der Waals surface area contributed by atoms with E-state index in [4.69, 9.17) is 23.2 Å². The largest absolute Gasteiger partial charge is 0.340 e. The highest BCUT2D eigenvalue weighted by Crippen LogP contribution is 2.28. The summed E-state index contributed by atoms with van der Waals surface area (Å²) in [6.07, 6.45) is 0. The van der Waals surface area contributed by atoms with Gasteiger partial charge in [0.15, 0.2) is 0 Å². The first-order valence-electron chi connectivity index (χ1n) is 4.46. The lowest BCUT2D eigenvalue weighted by Gasteiger charge is -2.01. The van der Waals surface area contributed by atoms with Crippen molar-refractivity contribution in [2.75, 3.05) is 0 Å². The van der Waals surface area contributed by atoms with Crippen LogP contribution in [-0.4, -0.2) is 9.81 Å². The first-order chi connectivity index (χ1) is 7.02. The van der Waals surface area contributed by atoms with Gasteiger partial charge in [-0.3, -0.25) is 4.79 Å². The van der Waals surface area contributed by atoms with Crippen molar-refractivity contribution < 1.29 is 4.79 Å². The van der Waals surface area contributed by atoms with Gasteiger partial charge in [-0.25, -0.2) is 0 Å². The van der Waals surface area contributed by atoms with Crippen molar-refractivity contribution in [3.63, 3.8) is 0 Å². The predicted octanol–water partition coefficient (Wildman–Crippen LogP) is 3.52. The zero-order chi connectivity index (χ0) is 11.2. The molecule has 0 unspecified atom stereocenters. The summed E-state index contributed by atoms with van der Waals surface area (Å²) >= 11 is 11.5. The number of aryl methyl sites for hydroxylation is 2. The Bertz CT molecular complexity index is 557. The monoisotopic (exact) mass is 241 g/mol. The van der Waals surface area contributed by atoms with Crippen molar-refractivity contribution in [2.45, 2.75) is 6.92 Å². The first-order valence-corrected chi connectivity index (χ1v) is 5.22. The second kappa shape index (κ2) is 3.54. The molecule has 2 nitrogen and oxygen atoms in total. The van der Waals surface area contributed by atoms with Gasteiger partial charge in [-0.15, -0.1) is 0 Å². The van der Waals surface area contributed by atoms with E-state index in [1.165, 1.54) is 0 Å². The van der Waals surface area contributed by atoms with E-state index in [1.807, 2.05) is 26.1 Å². The molecule has 78 valence electrons. The van der Waals surface area contributed by atoms with Crippen molar-refractivity contribution in [3.05, 3.63) is 34.5 Å². The molecule has 0 aliphatic heterocycles. The standard InChI is InChI=1S/C11H9Cl2NO/c1-6-7-5-10(11(13)15)14(2)9(7)4-3-8(6)12/h3-5H,1-2H3. The van der Waals surface area contributed by atoms with E-state index in [2.05, 4.69) is 0 Å². The molecular weight excluding hydrogens is 233 g/mol. The lowest BCUT2D eigenvalue weighted by molar-refractivity contribution is 0.107. The fourth-order valence-corrected chi connectivity index (χ4v) is 2.06. The van der Waals surface area contributed by atoms with Gasteiger partial charge >= 0.3 is 0 Å². The Morgan fingerprint density at radius 1 is 1.40 bits per heavy atom. The Kier molecular flexibility index (Phi) is 2.49. The first kappa shape index (κ1) is 10.5. The molecule has 0 aliphatic rings. The SMILES string of the molecule is Cc1c(Cl)ccc2c1cc(C(=O)Cl)n2C. The third-order valence-electron chi connectivity index (χ3n) is 2.63. The van der Waals surface area contributed by atoms with Crippen molar-refractivity contribution in [3.8, 4) is 0 Å². The zero-order valence-electron chi connectivity index (χ0n) is 8.34. The normalized spacial score (nSPS) is 10.9. The molecule has 4 heteroatoms. The van der Waals surface area contributed by atoms with Crippen molar-refractivity contribution in [2.24, 2.45) is 7.05 Å². The molecule has 0 atom stereocenters. The Labute approximate surface area is 97.4 Å². The highest BCUT2D eigenvalue weighted by Gasteiger charge is 2.13. The maximum absolute atomic E-state index is 11.1. The highest BCUT2D eigenvalue weighted by molar-refractivity contribution is 6.67. The number of fused-ring (bicyclic) bond motifs is 1. The maximum atomic E-state index is 11.1. The van der Waals surface area contributed by atoms with Gasteiger partial charge in [0.05, 0.1) is 0 Å². The number of carbonyl (C=O) groups is 1. The Morgan fingerprint density at radius 3 is 2.67 bits per heavy atom. The van der Waals surface area contributed by atoms with Crippen LogP contribution in [0.2, 0.25) is 5.02 Å². The molecule has 0 aliphatic carbocycles. The molecule has 0 amide bonds. The minimum Gasteiger partial charge on any atom is -0.340 e. The summed E-state index contributed by atoms with van der Waals surface area (Å²) in [6.45, 7) is 1.92. The lowest BCUT2D eigenvalue weighted by atomic mass is 10.1. The average Bonchev–Trinajstić information content (AvgIpc) is 2.51. The molecule has 0 radical (unpaired) electrons. The summed E-state index contributed by atoms with van der Waals surface area (Å²) < 4.78 is 1.77. The van der Waals surface area contributed by atoms with Crippen LogP contribution < -0.4 is 0 Å². The van der Waals surface area contributed by atoms with Crippen LogP contribution in [0.5, 0.6) is 0 Å². The third kappa shape index (κ3) is 1.54. The Balaban J connectivity index is 2.88. The van der Waals surface area contributed by atoms with E-state index in [9.17, 15) is 4.79 Å². The number of nitrogens with zero attached hydrogens (tertiary/aromatic N) is 1. The molecule has 1 aromatic carbocycles. The number of hydrogen-bond donors (Lipinski definition) is 0.